The molecule has 0 saturated heterocycles. The fraction of sp³-hybridized carbons (Fsp3) is 0.333. The van der Waals surface area contributed by atoms with Gasteiger partial charge in [-0.2, -0.15) is 0 Å². The number of aryl methyl sites for hydroxylation is 1. The van der Waals surface area contributed by atoms with E-state index < -0.39 is 5.97 Å². The van der Waals surface area contributed by atoms with Crippen molar-refractivity contribution in [1.82, 2.24) is 15.3 Å². The number of ether oxygens (including phenoxy) is 1. The summed E-state index contributed by atoms with van der Waals surface area (Å²) in [7, 11) is 0. The van der Waals surface area contributed by atoms with Gasteiger partial charge in [-0.25, -0.2) is 14.8 Å². The minimum absolute atomic E-state index is 0.00345. The van der Waals surface area contributed by atoms with Gasteiger partial charge in [0.1, 0.15) is 5.69 Å². The van der Waals surface area contributed by atoms with Crippen molar-refractivity contribution < 1.29 is 14.3 Å². The highest BCUT2D eigenvalue weighted by Crippen LogP contribution is 2.20. The van der Waals surface area contributed by atoms with Crippen molar-refractivity contribution in [2.75, 3.05) is 11.9 Å². The maximum Gasteiger partial charge on any atom is 0.340 e. The van der Waals surface area contributed by atoms with Gasteiger partial charge in [0.25, 0.3) is 5.91 Å². The average molecular weight is 342 g/mol. The molecule has 0 aliphatic heterocycles. The normalized spacial score (nSPS) is 10.4. The third kappa shape index (κ3) is 5.00. The highest BCUT2D eigenvalue weighted by Gasteiger charge is 2.15. The van der Waals surface area contributed by atoms with Crippen LogP contribution in [0.1, 0.15) is 47.3 Å². The van der Waals surface area contributed by atoms with Crippen molar-refractivity contribution >= 4 is 23.5 Å². The molecule has 0 radical (unpaired) electrons. The van der Waals surface area contributed by atoms with Gasteiger partial charge in [-0.15, -0.1) is 0 Å². The number of anilines is 2. The minimum Gasteiger partial charge on any atom is -0.462 e. The van der Waals surface area contributed by atoms with Crippen LogP contribution in [0.3, 0.4) is 0 Å². The Morgan fingerprint density at radius 1 is 1.20 bits per heavy atom. The number of benzene rings is 1. The molecule has 2 N–H and O–H groups in total. The van der Waals surface area contributed by atoms with Crippen LogP contribution in [0.2, 0.25) is 0 Å². The van der Waals surface area contributed by atoms with Crippen molar-refractivity contribution in [3.8, 4) is 0 Å². The number of hydrogen-bond acceptors (Lipinski definition) is 6. The van der Waals surface area contributed by atoms with Crippen LogP contribution in [0.25, 0.3) is 0 Å². The molecule has 2 aromatic rings. The Labute approximate surface area is 146 Å². The number of nitrogens with zero attached hydrogens (tertiary/aromatic N) is 2. The van der Waals surface area contributed by atoms with E-state index in [2.05, 4.69) is 20.6 Å². The molecule has 0 fully saturated rings. The first-order valence-corrected chi connectivity index (χ1v) is 8.10. The molecule has 0 saturated carbocycles. The zero-order valence-corrected chi connectivity index (χ0v) is 14.8. The van der Waals surface area contributed by atoms with Crippen LogP contribution in [0.4, 0.5) is 11.6 Å². The molecular formula is C18H22N4O3. The van der Waals surface area contributed by atoms with E-state index in [9.17, 15) is 9.59 Å². The maximum absolute atomic E-state index is 12.2. The number of aromatic nitrogens is 2. The summed E-state index contributed by atoms with van der Waals surface area (Å²) in [6.45, 7) is 7.56. The number of hydrogen-bond donors (Lipinski definition) is 2. The third-order valence-electron chi connectivity index (χ3n) is 3.18. The molecule has 0 spiro atoms. The van der Waals surface area contributed by atoms with Gasteiger partial charge in [0.05, 0.1) is 17.9 Å². The van der Waals surface area contributed by atoms with Crippen LogP contribution in [0.5, 0.6) is 0 Å². The molecule has 2 rings (SSSR count). The Kier molecular flexibility index (Phi) is 6.05. The van der Waals surface area contributed by atoms with E-state index in [4.69, 9.17) is 4.74 Å². The van der Waals surface area contributed by atoms with Gasteiger partial charge < -0.3 is 15.4 Å². The molecule has 1 amide bonds. The van der Waals surface area contributed by atoms with Gasteiger partial charge in [-0.05, 0) is 45.9 Å². The van der Waals surface area contributed by atoms with Gasteiger partial charge in [0.15, 0.2) is 0 Å². The van der Waals surface area contributed by atoms with Crippen LogP contribution in [-0.2, 0) is 4.74 Å². The molecule has 25 heavy (non-hydrogen) atoms. The summed E-state index contributed by atoms with van der Waals surface area (Å²) in [5.74, 6) is -0.469. The van der Waals surface area contributed by atoms with Crippen LogP contribution in [-0.4, -0.2) is 34.5 Å². The molecule has 0 bridgehead atoms. The SMILES string of the molecule is CCOC(=O)c1ccccc1Nc1nc(C)cc(C(=O)NC(C)C)n1. The summed E-state index contributed by atoms with van der Waals surface area (Å²) < 4.78 is 5.05. The van der Waals surface area contributed by atoms with Crippen molar-refractivity contribution in [1.29, 1.82) is 0 Å². The first kappa shape index (κ1) is 18.4. The van der Waals surface area contributed by atoms with Crippen molar-refractivity contribution in [2.45, 2.75) is 33.7 Å². The molecule has 0 atom stereocenters. The Hall–Kier alpha value is -2.96. The maximum atomic E-state index is 12.2. The number of carbonyl (C=O) groups excluding carboxylic acids is 2. The first-order chi connectivity index (χ1) is 11.9. The molecule has 1 aromatic carbocycles. The Bertz CT molecular complexity index is 775. The lowest BCUT2D eigenvalue weighted by atomic mass is 10.2. The van der Waals surface area contributed by atoms with Gasteiger partial charge in [-0.1, -0.05) is 12.1 Å². The lowest BCUT2D eigenvalue weighted by Gasteiger charge is -2.12. The highest BCUT2D eigenvalue weighted by molar-refractivity contribution is 5.96. The van der Waals surface area contributed by atoms with Gasteiger partial charge in [0, 0.05) is 11.7 Å². The number of carbonyl (C=O) groups is 2. The van der Waals surface area contributed by atoms with Crippen molar-refractivity contribution in [3.63, 3.8) is 0 Å². The number of rotatable bonds is 6. The van der Waals surface area contributed by atoms with E-state index in [0.29, 0.717) is 16.9 Å². The molecule has 7 heteroatoms. The van der Waals surface area contributed by atoms with Crippen LogP contribution in [0.15, 0.2) is 30.3 Å². The van der Waals surface area contributed by atoms with E-state index in [1.54, 1.807) is 44.2 Å². The third-order valence-corrected chi connectivity index (χ3v) is 3.18. The molecule has 132 valence electrons. The first-order valence-electron chi connectivity index (χ1n) is 8.10. The summed E-state index contributed by atoms with van der Waals surface area (Å²) in [4.78, 5) is 32.7. The van der Waals surface area contributed by atoms with E-state index in [1.165, 1.54) is 0 Å². The van der Waals surface area contributed by atoms with E-state index in [0.717, 1.165) is 0 Å². The molecule has 7 nitrogen and oxygen atoms in total. The predicted molar refractivity (Wildman–Crippen MR) is 95.1 cm³/mol. The monoisotopic (exact) mass is 342 g/mol. The van der Waals surface area contributed by atoms with Gasteiger partial charge >= 0.3 is 5.97 Å². The lowest BCUT2D eigenvalue weighted by Crippen LogP contribution is -2.31. The zero-order chi connectivity index (χ0) is 18.4. The largest absolute Gasteiger partial charge is 0.462 e. The highest BCUT2D eigenvalue weighted by atomic mass is 16.5. The molecule has 0 aliphatic rings. The second kappa shape index (κ2) is 8.23. The smallest absolute Gasteiger partial charge is 0.340 e. The standard InChI is InChI=1S/C18H22N4O3/c1-5-25-17(24)13-8-6-7-9-14(13)21-18-20-12(4)10-15(22-18)16(23)19-11(2)3/h6-11H,5H2,1-4H3,(H,19,23)(H,20,21,22). The fourth-order valence-electron chi connectivity index (χ4n) is 2.18. The topological polar surface area (TPSA) is 93.2 Å². The second-order valence-electron chi connectivity index (χ2n) is 5.74. The summed E-state index contributed by atoms with van der Waals surface area (Å²) in [5, 5.41) is 5.79. The second-order valence-corrected chi connectivity index (χ2v) is 5.74. The summed E-state index contributed by atoms with van der Waals surface area (Å²) in [6, 6.07) is 8.53. The van der Waals surface area contributed by atoms with E-state index in [-0.39, 0.29) is 30.2 Å². The van der Waals surface area contributed by atoms with Crippen LogP contribution < -0.4 is 10.6 Å². The van der Waals surface area contributed by atoms with E-state index in [1.807, 2.05) is 13.8 Å². The number of amides is 1. The lowest BCUT2D eigenvalue weighted by molar-refractivity contribution is 0.0527. The Morgan fingerprint density at radius 3 is 2.60 bits per heavy atom. The van der Waals surface area contributed by atoms with E-state index >= 15 is 0 Å². The van der Waals surface area contributed by atoms with Crippen molar-refractivity contribution in [2.24, 2.45) is 0 Å². The predicted octanol–water partition coefficient (Wildman–Crippen LogP) is 2.84. The Morgan fingerprint density at radius 2 is 1.92 bits per heavy atom. The molecule has 0 aliphatic carbocycles. The molecule has 1 aromatic heterocycles. The summed E-state index contributed by atoms with van der Waals surface area (Å²) in [6.07, 6.45) is 0. The quantitative estimate of drug-likeness (QED) is 0.784. The van der Waals surface area contributed by atoms with Crippen LogP contribution >= 0.6 is 0 Å². The Balaban J connectivity index is 2.31. The summed E-state index contributed by atoms with van der Waals surface area (Å²) >= 11 is 0. The summed E-state index contributed by atoms with van der Waals surface area (Å²) in [5.41, 5.74) is 1.79. The molecule has 1 heterocycles. The molecular weight excluding hydrogens is 320 g/mol. The van der Waals surface area contributed by atoms with Crippen LogP contribution in [0, 0.1) is 6.92 Å². The van der Waals surface area contributed by atoms with Crippen molar-refractivity contribution in [3.05, 3.63) is 47.3 Å². The number of nitrogens with one attached hydrogen (secondary N) is 2. The number of esters is 1. The average Bonchev–Trinajstić information content (AvgIpc) is 2.54. The van der Waals surface area contributed by atoms with Gasteiger partial charge in [0.2, 0.25) is 5.95 Å². The number of para-hydroxylation sites is 1. The minimum atomic E-state index is -0.434. The zero-order valence-electron chi connectivity index (χ0n) is 14.8. The van der Waals surface area contributed by atoms with Gasteiger partial charge in [-0.3, -0.25) is 4.79 Å². The fourth-order valence-corrected chi connectivity index (χ4v) is 2.18. The molecule has 0 unspecified atom stereocenters.